The fourth-order valence-corrected chi connectivity index (χ4v) is 10.3. The number of benzene rings is 5. The summed E-state index contributed by atoms with van der Waals surface area (Å²) >= 11 is 0. The van der Waals surface area contributed by atoms with Crippen molar-refractivity contribution in [1.29, 1.82) is 0 Å². The SMILES string of the molecule is CCO[C@@H](c1ccc(C(C)(C)C)cc1P(c1ccccc1)c1ccccc1)P(c1ccccc1)c1ccccc1. The second-order valence-electron chi connectivity index (χ2n) is 10.9. The van der Waals surface area contributed by atoms with E-state index < -0.39 is 15.8 Å². The number of rotatable bonds is 9. The third kappa shape index (κ3) is 6.45. The van der Waals surface area contributed by atoms with Crippen LogP contribution in [0.2, 0.25) is 0 Å². The van der Waals surface area contributed by atoms with E-state index in [1.54, 1.807) is 0 Å². The van der Waals surface area contributed by atoms with Gasteiger partial charge in [-0.1, -0.05) is 154 Å². The van der Waals surface area contributed by atoms with Crippen LogP contribution in [0.5, 0.6) is 0 Å². The fraction of sp³-hybridized carbons (Fsp3) is 0.189. The van der Waals surface area contributed by atoms with Gasteiger partial charge in [-0.2, -0.15) is 0 Å². The summed E-state index contributed by atoms with van der Waals surface area (Å²) in [5.74, 6) is -0.0776. The number of ether oxygens (including phenoxy) is 1. The quantitative estimate of drug-likeness (QED) is 0.167. The highest BCUT2D eigenvalue weighted by Crippen LogP contribution is 2.52. The van der Waals surface area contributed by atoms with Gasteiger partial charge in [0.15, 0.2) is 0 Å². The molecule has 0 aliphatic carbocycles. The van der Waals surface area contributed by atoms with Gasteiger partial charge < -0.3 is 4.74 Å². The zero-order chi connectivity index (χ0) is 28.0. The molecule has 0 amide bonds. The number of hydrogen-bond acceptors (Lipinski definition) is 1. The molecule has 0 aromatic heterocycles. The van der Waals surface area contributed by atoms with Crippen molar-refractivity contribution in [2.45, 2.75) is 39.0 Å². The molecule has 0 bridgehead atoms. The van der Waals surface area contributed by atoms with Gasteiger partial charge in [0.05, 0.1) is 0 Å². The highest BCUT2D eigenvalue weighted by molar-refractivity contribution is 7.80. The van der Waals surface area contributed by atoms with Crippen LogP contribution in [0.1, 0.15) is 44.7 Å². The van der Waals surface area contributed by atoms with Gasteiger partial charge in [0.25, 0.3) is 0 Å². The molecule has 5 rings (SSSR count). The van der Waals surface area contributed by atoms with Crippen LogP contribution in [0.3, 0.4) is 0 Å². The van der Waals surface area contributed by atoms with E-state index in [2.05, 4.69) is 167 Å². The van der Waals surface area contributed by atoms with Crippen LogP contribution in [0, 0.1) is 0 Å². The molecule has 202 valence electrons. The minimum Gasteiger partial charge on any atom is -0.369 e. The average molecular weight is 561 g/mol. The maximum atomic E-state index is 6.83. The molecule has 0 aliphatic rings. The van der Waals surface area contributed by atoms with Crippen molar-refractivity contribution < 1.29 is 4.74 Å². The first-order valence-corrected chi connectivity index (χ1v) is 16.8. The Morgan fingerprint density at radius 2 is 1.00 bits per heavy atom. The smallest absolute Gasteiger partial charge is 0.110 e. The largest absolute Gasteiger partial charge is 0.369 e. The van der Waals surface area contributed by atoms with Crippen molar-refractivity contribution in [3.63, 3.8) is 0 Å². The zero-order valence-electron chi connectivity index (χ0n) is 23.9. The molecule has 5 aromatic rings. The summed E-state index contributed by atoms with van der Waals surface area (Å²) in [5.41, 5.74) is 2.68. The second kappa shape index (κ2) is 13.1. The maximum absolute atomic E-state index is 6.83. The molecule has 5 aromatic carbocycles. The van der Waals surface area contributed by atoms with Crippen molar-refractivity contribution in [3.8, 4) is 0 Å². The van der Waals surface area contributed by atoms with Crippen molar-refractivity contribution in [3.05, 3.63) is 151 Å². The van der Waals surface area contributed by atoms with E-state index >= 15 is 0 Å². The highest BCUT2D eigenvalue weighted by atomic mass is 31.1. The van der Waals surface area contributed by atoms with Crippen LogP contribution in [0.25, 0.3) is 0 Å². The van der Waals surface area contributed by atoms with Crippen molar-refractivity contribution in [2.75, 3.05) is 6.61 Å². The third-order valence-electron chi connectivity index (χ3n) is 7.06. The minimum absolute atomic E-state index is 0.0341. The summed E-state index contributed by atoms with van der Waals surface area (Å²) in [6.45, 7) is 9.69. The van der Waals surface area contributed by atoms with Gasteiger partial charge in [-0.15, -0.1) is 0 Å². The summed E-state index contributed by atoms with van der Waals surface area (Å²) in [4.78, 5) is 0. The molecule has 0 aliphatic heterocycles. The molecule has 0 fully saturated rings. The van der Waals surface area contributed by atoms with Crippen LogP contribution in [-0.2, 0) is 10.2 Å². The Bertz CT molecular complexity index is 1400. The lowest BCUT2D eigenvalue weighted by Crippen LogP contribution is -2.29. The highest BCUT2D eigenvalue weighted by Gasteiger charge is 2.32. The normalized spacial score (nSPS) is 12.6. The summed E-state index contributed by atoms with van der Waals surface area (Å²) in [6, 6.07) is 51.1. The minimum atomic E-state index is -0.825. The summed E-state index contributed by atoms with van der Waals surface area (Å²) < 4.78 is 6.83. The Balaban J connectivity index is 1.79. The van der Waals surface area contributed by atoms with E-state index in [1.165, 1.54) is 37.6 Å². The topological polar surface area (TPSA) is 9.23 Å². The molecular formula is C37H38OP2. The molecule has 3 heteroatoms. The van der Waals surface area contributed by atoms with E-state index in [1.807, 2.05) is 0 Å². The molecular weight excluding hydrogens is 522 g/mol. The molecule has 1 atom stereocenters. The van der Waals surface area contributed by atoms with Gasteiger partial charge in [-0.25, -0.2) is 0 Å². The van der Waals surface area contributed by atoms with Crippen molar-refractivity contribution in [1.82, 2.24) is 0 Å². The molecule has 0 N–H and O–H groups in total. The maximum Gasteiger partial charge on any atom is 0.110 e. The van der Waals surface area contributed by atoms with Gasteiger partial charge in [0.1, 0.15) is 5.85 Å². The second-order valence-corrected chi connectivity index (χ2v) is 15.3. The predicted octanol–water partition coefficient (Wildman–Crippen LogP) is 7.91. The summed E-state index contributed by atoms with van der Waals surface area (Å²) in [6.07, 6.45) is 0. The first-order valence-electron chi connectivity index (χ1n) is 14.0. The van der Waals surface area contributed by atoms with E-state index in [9.17, 15) is 0 Å². The van der Waals surface area contributed by atoms with Gasteiger partial charge in [-0.3, -0.25) is 0 Å². The van der Waals surface area contributed by atoms with E-state index in [0.29, 0.717) is 6.61 Å². The Kier molecular flexibility index (Phi) is 9.29. The van der Waals surface area contributed by atoms with Crippen LogP contribution < -0.4 is 26.5 Å². The Hall–Kier alpha value is -3.08. The Morgan fingerprint density at radius 3 is 1.40 bits per heavy atom. The van der Waals surface area contributed by atoms with Crippen LogP contribution >= 0.6 is 15.8 Å². The Morgan fingerprint density at radius 1 is 0.575 bits per heavy atom. The number of hydrogen-bond donors (Lipinski definition) is 0. The van der Waals surface area contributed by atoms with Crippen LogP contribution in [0.4, 0.5) is 0 Å². The van der Waals surface area contributed by atoms with Gasteiger partial charge in [-0.05, 0) is 71.9 Å². The molecule has 0 unspecified atom stereocenters. The molecule has 0 saturated heterocycles. The van der Waals surface area contributed by atoms with Crippen molar-refractivity contribution in [2.24, 2.45) is 0 Å². The predicted molar refractivity (Wildman–Crippen MR) is 177 cm³/mol. The molecule has 40 heavy (non-hydrogen) atoms. The fourth-order valence-electron chi connectivity index (χ4n) is 5.05. The summed E-state index contributed by atoms with van der Waals surface area (Å²) in [5, 5.41) is 6.76. The van der Waals surface area contributed by atoms with Gasteiger partial charge >= 0.3 is 0 Å². The van der Waals surface area contributed by atoms with Crippen molar-refractivity contribution >= 4 is 42.4 Å². The third-order valence-corrected chi connectivity index (χ3v) is 12.2. The van der Waals surface area contributed by atoms with Gasteiger partial charge in [0, 0.05) is 6.61 Å². The average Bonchev–Trinajstić information content (AvgIpc) is 2.99. The summed E-state index contributed by atoms with van der Waals surface area (Å²) in [7, 11) is -1.63. The standard InChI is InChI=1S/C37H38OP2/c1-5-38-36(40(32-22-14-8-15-23-32)33-24-16-9-17-25-33)34-27-26-29(37(2,3)4)28-35(34)39(30-18-10-6-11-19-30)31-20-12-7-13-21-31/h6-28,36H,5H2,1-4H3/t36-/m1/s1. The Labute approximate surface area is 242 Å². The molecule has 0 saturated carbocycles. The monoisotopic (exact) mass is 560 g/mol. The first kappa shape index (κ1) is 28.4. The molecule has 0 spiro atoms. The van der Waals surface area contributed by atoms with E-state index in [0.717, 1.165) is 0 Å². The lowest BCUT2D eigenvalue weighted by Gasteiger charge is -2.33. The first-order chi connectivity index (χ1) is 19.5. The van der Waals surface area contributed by atoms with Crippen LogP contribution in [-0.4, -0.2) is 6.61 Å². The molecule has 0 radical (unpaired) electrons. The lowest BCUT2D eigenvalue weighted by atomic mass is 9.86. The molecule has 0 heterocycles. The van der Waals surface area contributed by atoms with Gasteiger partial charge in [0.2, 0.25) is 0 Å². The zero-order valence-corrected chi connectivity index (χ0v) is 25.7. The molecule has 1 nitrogen and oxygen atoms in total. The van der Waals surface area contributed by atoms with Crippen LogP contribution in [0.15, 0.2) is 140 Å². The lowest BCUT2D eigenvalue weighted by molar-refractivity contribution is 0.123. The van der Waals surface area contributed by atoms with E-state index in [4.69, 9.17) is 4.74 Å². The van der Waals surface area contributed by atoms with E-state index in [-0.39, 0.29) is 11.3 Å².